The number of benzene rings is 1. The molecular formula is C21H16F3N3O3S2. The smallest absolute Gasteiger partial charge is 0.416 e. The highest BCUT2D eigenvalue weighted by atomic mass is 32.1. The Bertz CT molecular complexity index is 1330. The van der Waals surface area contributed by atoms with Crippen LogP contribution >= 0.6 is 22.7 Å². The van der Waals surface area contributed by atoms with E-state index in [2.05, 4.69) is 10.3 Å². The van der Waals surface area contributed by atoms with Gasteiger partial charge in [-0.1, -0.05) is 6.07 Å². The number of carbonyl (C=O) groups excluding carboxylic acids is 1. The maximum absolute atomic E-state index is 13.1. The monoisotopic (exact) mass is 479 g/mol. The number of rotatable bonds is 6. The number of aromatic nitrogens is 2. The first-order chi connectivity index (χ1) is 15.3. The average Bonchev–Trinajstić information content (AvgIpc) is 3.40. The molecule has 4 rings (SSSR count). The molecule has 0 aliphatic carbocycles. The van der Waals surface area contributed by atoms with Gasteiger partial charge in [-0.3, -0.25) is 14.2 Å². The summed E-state index contributed by atoms with van der Waals surface area (Å²) in [7, 11) is 0. The number of thiophene rings is 2. The largest absolute Gasteiger partial charge is 0.492 e. The fourth-order valence-corrected chi connectivity index (χ4v) is 4.84. The van der Waals surface area contributed by atoms with Crippen molar-refractivity contribution in [3.63, 3.8) is 0 Å². The van der Waals surface area contributed by atoms with E-state index in [1.807, 2.05) is 22.9 Å². The first kappa shape index (κ1) is 22.0. The van der Waals surface area contributed by atoms with Gasteiger partial charge in [0, 0.05) is 15.8 Å². The van der Waals surface area contributed by atoms with Crippen LogP contribution in [0.15, 0.2) is 52.2 Å². The standard InChI is InChI=1S/C21H16F3N3O3S2/c1-2-30-15-6-5-12(21(22,23)24)8-14(15)26-17(28)9-27-11-25-19-18(20(27)29)13(10-32-19)16-4-3-7-31-16/h3-8,10-11H,2,9H2,1H3,(H,26,28). The highest BCUT2D eigenvalue weighted by molar-refractivity contribution is 7.18. The van der Waals surface area contributed by atoms with Crippen LogP contribution in [0.1, 0.15) is 12.5 Å². The van der Waals surface area contributed by atoms with Gasteiger partial charge in [-0.2, -0.15) is 13.2 Å². The Labute approximate surface area is 187 Å². The van der Waals surface area contributed by atoms with Crippen LogP contribution in [0, 0.1) is 0 Å². The summed E-state index contributed by atoms with van der Waals surface area (Å²) in [4.78, 5) is 31.3. The van der Waals surface area contributed by atoms with E-state index in [-0.39, 0.29) is 18.0 Å². The summed E-state index contributed by atoms with van der Waals surface area (Å²) in [6.07, 6.45) is -3.32. The molecule has 0 aliphatic heterocycles. The van der Waals surface area contributed by atoms with Crippen molar-refractivity contribution in [2.75, 3.05) is 11.9 Å². The van der Waals surface area contributed by atoms with E-state index in [1.54, 1.807) is 6.92 Å². The lowest BCUT2D eigenvalue weighted by atomic mass is 10.1. The Hall–Kier alpha value is -3.18. The number of anilines is 1. The lowest BCUT2D eigenvalue weighted by molar-refractivity contribution is -0.137. The molecule has 0 radical (unpaired) electrons. The molecule has 3 aromatic heterocycles. The van der Waals surface area contributed by atoms with Crippen molar-refractivity contribution in [3.05, 3.63) is 63.3 Å². The highest BCUT2D eigenvalue weighted by Crippen LogP contribution is 2.35. The fourth-order valence-electron chi connectivity index (χ4n) is 3.12. The molecular weight excluding hydrogens is 463 g/mol. The highest BCUT2D eigenvalue weighted by Gasteiger charge is 2.31. The van der Waals surface area contributed by atoms with Gasteiger partial charge in [0.15, 0.2) is 0 Å². The summed E-state index contributed by atoms with van der Waals surface area (Å²) in [5.41, 5.74) is -0.702. The molecule has 4 aromatic rings. The van der Waals surface area contributed by atoms with Gasteiger partial charge < -0.3 is 10.1 Å². The van der Waals surface area contributed by atoms with Crippen molar-refractivity contribution >= 4 is 44.5 Å². The van der Waals surface area contributed by atoms with E-state index in [1.165, 1.54) is 29.0 Å². The molecule has 0 spiro atoms. The van der Waals surface area contributed by atoms with Gasteiger partial charge in [-0.25, -0.2) is 4.98 Å². The van der Waals surface area contributed by atoms with Crippen LogP contribution < -0.4 is 15.6 Å². The molecule has 0 fully saturated rings. The number of amides is 1. The van der Waals surface area contributed by atoms with Gasteiger partial charge >= 0.3 is 6.18 Å². The minimum atomic E-state index is -4.58. The molecule has 0 unspecified atom stereocenters. The molecule has 0 saturated heterocycles. The fraction of sp³-hybridized carbons (Fsp3) is 0.190. The summed E-state index contributed by atoms with van der Waals surface area (Å²) >= 11 is 2.81. The summed E-state index contributed by atoms with van der Waals surface area (Å²) in [5, 5.41) is 6.56. The molecule has 1 N–H and O–H groups in total. The minimum Gasteiger partial charge on any atom is -0.492 e. The van der Waals surface area contributed by atoms with E-state index in [4.69, 9.17) is 4.74 Å². The molecule has 0 bridgehead atoms. The second-order valence-corrected chi connectivity index (χ2v) is 8.48. The molecule has 166 valence electrons. The van der Waals surface area contributed by atoms with Crippen LogP contribution in [0.3, 0.4) is 0 Å². The van der Waals surface area contributed by atoms with Crippen LogP contribution in [0.4, 0.5) is 18.9 Å². The van der Waals surface area contributed by atoms with Crippen LogP contribution in [-0.4, -0.2) is 22.1 Å². The van der Waals surface area contributed by atoms with Gasteiger partial charge in [0.2, 0.25) is 5.91 Å². The zero-order valence-corrected chi connectivity index (χ0v) is 18.2. The number of hydrogen-bond acceptors (Lipinski definition) is 6. The van der Waals surface area contributed by atoms with Gasteiger partial charge in [0.05, 0.1) is 29.6 Å². The molecule has 0 atom stereocenters. The van der Waals surface area contributed by atoms with Crippen LogP contribution in [0.2, 0.25) is 0 Å². The summed E-state index contributed by atoms with van der Waals surface area (Å²) in [5.74, 6) is -0.575. The number of carbonyl (C=O) groups is 1. The topological polar surface area (TPSA) is 73.2 Å². The number of halogens is 3. The van der Waals surface area contributed by atoms with Crippen LogP contribution in [-0.2, 0) is 17.5 Å². The van der Waals surface area contributed by atoms with Crippen LogP contribution in [0.25, 0.3) is 20.7 Å². The van der Waals surface area contributed by atoms with E-state index in [0.29, 0.717) is 10.2 Å². The van der Waals surface area contributed by atoms with Gasteiger partial charge in [0.25, 0.3) is 5.56 Å². The summed E-state index contributed by atoms with van der Waals surface area (Å²) < 4.78 is 45.7. The first-order valence-electron chi connectivity index (χ1n) is 9.42. The van der Waals surface area contributed by atoms with Crippen molar-refractivity contribution in [3.8, 4) is 16.2 Å². The van der Waals surface area contributed by atoms with Crippen molar-refractivity contribution in [2.24, 2.45) is 0 Å². The SMILES string of the molecule is CCOc1ccc(C(F)(F)F)cc1NC(=O)Cn1cnc2scc(-c3cccs3)c2c1=O. The maximum atomic E-state index is 13.1. The Balaban J connectivity index is 1.63. The molecule has 32 heavy (non-hydrogen) atoms. The number of fused-ring (bicyclic) bond motifs is 1. The number of alkyl halides is 3. The van der Waals surface area contributed by atoms with E-state index >= 15 is 0 Å². The minimum absolute atomic E-state index is 0.104. The lowest BCUT2D eigenvalue weighted by Crippen LogP contribution is -2.28. The predicted molar refractivity (Wildman–Crippen MR) is 118 cm³/mol. The van der Waals surface area contributed by atoms with Crippen molar-refractivity contribution in [1.82, 2.24) is 9.55 Å². The number of nitrogens with one attached hydrogen (secondary N) is 1. The van der Waals surface area contributed by atoms with E-state index in [9.17, 15) is 22.8 Å². The third-order valence-corrected chi connectivity index (χ3v) is 6.33. The van der Waals surface area contributed by atoms with Crippen molar-refractivity contribution in [2.45, 2.75) is 19.6 Å². The average molecular weight is 480 g/mol. The quantitative estimate of drug-likeness (QED) is 0.410. The number of nitrogens with zero attached hydrogens (tertiary/aromatic N) is 2. The van der Waals surface area contributed by atoms with Gasteiger partial charge in [0.1, 0.15) is 17.1 Å². The van der Waals surface area contributed by atoms with Crippen molar-refractivity contribution in [1.29, 1.82) is 0 Å². The third-order valence-electron chi connectivity index (χ3n) is 4.54. The Morgan fingerprint density at radius 1 is 1.25 bits per heavy atom. The molecule has 1 aromatic carbocycles. The summed E-state index contributed by atoms with van der Waals surface area (Å²) in [6.45, 7) is 1.47. The second kappa shape index (κ2) is 8.75. The molecule has 3 heterocycles. The molecule has 11 heteroatoms. The molecule has 6 nitrogen and oxygen atoms in total. The third kappa shape index (κ3) is 4.39. The van der Waals surface area contributed by atoms with E-state index < -0.39 is 29.8 Å². The number of hydrogen-bond donors (Lipinski definition) is 1. The Morgan fingerprint density at radius 3 is 2.75 bits per heavy atom. The lowest BCUT2D eigenvalue weighted by Gasteiger charge is -2.15. The Kier molecular flexibility index (Phi) is 6.02. The maximum Gasteiger partial charge on any atom is 0.416 e. The first-order valence-corrected chi connectivity index (χ1v) is 11.2. The zero-order valence-electron chi connectivity index (χ0n) is 16.6. The zero-order chi connectivity index (χ0) is 22.9. The normalized spacial score (nSPS) is 11.6. The van der Waals surface area contributed by atoms with Gasteiger partial charge in [-0.15, -0.1) is 22.7 Å². The molecule has 0 aliphatic rings. The van der Waals surface area contributed by atoms with Gasteiger partial charge in [-0.05, 0) is 36.6 Å². The predicted octanol–water partition coefficient (Wildman–Crippen LogP) is 5.24. The van der Waals surface area contributed by atoms with E-state index in [0.717, 1.165) is 33.2 Å². The summed E-state index contributed by atoms with van der Waals surface area (Å²) in [6, 6.07) is 6.60. The van der Waals surface area contributed by atoms with Crippen LogP contribution in [0.5, 0.6) is 5.75 Å². The Morgan fingerprint density at radius 2 is 2.06 bits per heavy atom. The van der Waals surface area contributed by atoms with Crippen molar-refractivity contribution < 1.29 is 22.7 Å². The number of ether oxygens (including phenoxy) is 1. The molecule has 1 amide bonds. The second-order valence-electron chi connectivity index (χ2n) is 6.67. The molecule has 0 saturated carbocycles.